The first-order valence-corrected chi connectivity index (χ1v) is 7.63. The summed E-state index contributed by atoms with van der Waals surface area (Å²) in [5, 5.41) is 11.2. The van der Waals surface area contributed by atoms with Gasteiger partial charge in [0.2, 0.25) is 0 Å². The molecule has 1 aromatic heterocycles. The van der Waals surface area contributed by atoms with Crippen molar-refractivity contribution < 1.29 is 0 Å². The van der Waals surface area contributed by atoms with E-state index in [1.165, 1.54) is 31.2 Å². The zero-order chi connectivity index (χ0) is 14.4. The topological polar surface area (TPSA) is 54.2 Å². The van der Waals surface area contributed by atoms with Gasteiger partial charge in [-0.15, -0.1) is 24.0 Å². The van der Waals surface area contributed by atoms with Crippen LogP contribution in [0.3, 0.4) is 0 Å². The Morgan fingerprint density at radius 3 is 2.67 bits per heavy atom. The second-order valence-electron chi connectivity index (χ2n) is 5.88. The first-order chi connectivity index (χ1) is 9.67. The lowest BCUT2D eigenvalue weighted by Gasteiger charge is -2.28. The van der Waals surface area contributed by atoms with E-state index in [1.54, 1.807) is 0 Å². The highest BCUT2D eigenvalue weighted by Gasteiger charge is 2.18. The third-order valence-corrected chi connectivity index (χ3v) is 3.98. The summed E-state index contributed by atoms with van der Waals surface area (Å²) in [6.07, 6.45) is 9.08. The maximum absolute atomic E-state index is 4.30. The quantitative estimate of drug-likeness (QED) is 0.460. The average molecular weight is 405 g/mol. The smallest absolute Gasteiger partial charge is 0.191 e. The highest BCUT2D eigenvalue weighted by atomic mass is 127. The maximum Gasteiger partial charge on any atom is 0.191 e. The predicted molar refractivity (Wildman–Crippen MR) is 98.3 cm³/mol. The number of guanidine groups is 1. The molecule has 120 valence electrons. The molecule has 1 saturated carbocycles. The normalized spacial score (nSPS) is 22.5. The molecule has 1 fully saturated rings. The number of nitrogens with zero attached hydrogens (tertiary/aromatic N) is 3. The van der Waals surface area contributed by atoms with Gasteiger partial charge in [0.15, 0.2) is 5.96 Å². The van der Waals surface area contributed by atoms with Gasteiger partial charge < -0.3 is 10.6 Å². The molecule has 1 aromatic rings. The van der Waals surface area contributed by atoms with Crippen molar-refractivity contribution in [1.29, 1.82) is 0 Å². The van der Waals surface area contributed by atoms with E-state index >= 15 is 0 Å². The predicted octanol–water partition coefficient (Wildman–Crippen LogP) is 2.55. The third-order valence-electron chi connectivity index (χ3n) is 3.98. The molecule has 21 heavy (non-hydrogen) atoms. The fraction of sp³-hybridized carbons (Fsp3) is 0.733. The minimum absolute atomic E-state index is 0. The van der Waals surface area contributed by atoms with Crippen molar-refractivity contribution in [3.8, 4) is 0 Å². The molecule has 5 nitrogen and oxygen atoms in total. The van der Waals surface area contributed by atoms with Crippen molar-refractivity contribution in [2.45, 2.75) is 52.1 Å². The van der Waals surface area contributed by atoms with E-state index in [-0.39, 0.29) is 24.0 Å². The summed E-state index contributed by atoms with van der Waals surface area (Å²) < 4.78 is 1.96. The average Bonchev–Trinajstić information content (AvgIpc) is 2.85. The van der Waals surface area contributed by atoms with Crippen LogP contribution >= 0.6 is 24.0 Å². The third kappa shape index (κ3) is 6.23. The molecule has 0 radical (unpaired) electrons. The number of aliphatic imine (C=N–C) groups is 1. The summed E-state index contributed by atoms with van der Waals surface area (Å²) >= 11 is 0. The Balaban J connectivity index is 0.00000220. The summed E-state index contributed by atoms with van der Waals surface area (Å²) in [7, 11) is 1.83. The fourth-order valence-corrected chi connectivity index (χ4v) is 2.67. The Morgan fingerprint density at radius 2 is 2.10 bits per heavy atom. The van der Waals surface area contributed by atoms with E-state index in [4.69, 9.17) is 0 Å². The van der Waals surface area contributed by atoms with Gasteiger partial charge in [-0.1, -0.05) is 6.92 Å². The number of hydrogen-bond acceptors (Lipinski definition) is 2. The van der Waals surface area contributed by atoms with Crippen molar-refractivity contribution in [2.24, 2.45) is 10.9 Å². The number of aromatic nitrogens is 2. The SMILES string of the molecule is CN=C(NCCn1cc(C)cn1)NC1CCC(C)CC1.I. The Hall–Kier alpha value is -0.790. The summed E-state index contributed by atoms with van der Waals surface area (Å²) in [5.41, 5.74) is 1.20. The van der Waals surface area contributed by atoms with Crippen molar-refractivity contribution in [3.05, 3.63) is 18.0 Å². The fourth-order valence-electron chi connectivity index (χ4n) is 2.67. The zero-order valence-electron chi connectivity index (χ0n) is 13.3. The molecule has 0 atom stereocenters. The Bertz CT molecular complexity index is 435. The first kappa shape index (κ1) is 18.3. The van der Waals surface area contributed by atoms with Gasteiger partial charge in [-0.3, -0.25) is 9.67 Å². The number of rotatable bonds is 4. The van der Waals surface area contributed by atoms with Crippen LogP contribution in [0, 0.1) is 12.8 Å². The standard InChI is InChI=1S/C15H27N5.HI/c1-12-4-6-14(7-5-12)19-15(16-3)17-8-9-20-11-13(2)10-18-20;/h10-12,14H,4-9H2,1-3H3,(H2,16,17,19);1H. The first-order valence-electron chi connectivity index (χ1n) is 7.63. The largest absolute Gasteiger partial charge is 0.355 e. The van der Waals surface area contributed by atoms with Crippen LogP contribution in [0.1, 0.15) is 38.2 Å². The number of hydrogen-bond donors (Lipinski definition) is 2. The minimum atomic E-state index is 0. The van der Waals surface area contributed by atoms with Gasteiger partial charge in [0, 0.05) is 25.8 Å². The summed E-state index contributed by atoms with van der Waals surface area (Å²) in [5.74, 6) is 1.79. The van der Waals surface area contributed by atoms with Crippen molar-refractivity contribution in [1.82, 2.24) is 20.4 Å². The van der Waals surface area contributed by atoms with Gasteiger partial charge >= 0.3 is 0 Å². The summed E-state index contributed by atoms with van der Waals surface area (Å²) in [4.78, 5) is 4.30. The monoisotopic (exact) mass is 405 g/mol. The minimum Gasteiger partial charge on any atom is -0.355 e. The van der Waals surface area contributed by atoms with Gasteiger partial charge in [-0.25, -0.2) is 0 Å². The molecule has 0 aliphatic heterocycles. The van der Waals surface area contributed by atoms with Gasteiger partial charge in [0.1, 0.15) is 0 Å². The van der Waals surface area contributed by atoms with E-state index in [0.29, 0.717) is 6.04 Å². The molecular formula is C15H28IN5. The molecule has 1 aliphatic rings. The van der Waals surface area contributed by atoms with Crippen LogP contribution in [0.4, 0.5) is 0 Å². The summed E-state index contributed by atoms with van der Waals surface area (Å²) in [6, 6.07) is 0.573. The molecule has 1 aliphatic carbocycles. The number of aryl methyl sites for hydroxylation is 1. The van der Waals surface area contributed by atoms with Crippen LogP contribution in [-0.2, 0) is 6.54 Å². The number of halogens is 1. The van der Waals surface area contributed by atoms with Crippen molar-refractivity contribution in [2.75, 3.05) is 13.6 Å². The molecule has 1 heterocycles. The Labute approximate surface area is 145 Å². The zero-order valence-corrected chi connectivity index (χ0v) is 15.6. The molecular weight excluding hydrogens is 377 g/mol. The molecule has 2 N–H and O–H groups in total. The van der Waals surface area contributed by atoms with Crippen LogP contribution in [0.2, 0.25) is 0 Å². The second-order valence-corrected chi connectivity index (χ2v) is 5.88. The van der Waals surface area contributed by atoms with E-state index in [2.05, 4.69) is 40.8 Å². The van der Waals surface area contributed by atoms with E-state index in [1.807, 2.05) is 17.9 Å². The molecule has 6 heteroatoms. The van der Waals surface area contributed by atoms with E-state index in [0.717, 1.165) is 25.0 Å². The van der Waals surface area contributed by atoms with Crippen LogP contribution in [0.25, 0.3) is 0 Å². The van der Waals surface area contributed by atoms with Gasteiger partial charge in [0.25, 0.3) is 0 Å². The molecule has 0 aromatic carbocycles. The highest BCUT2D eigenvalue weighted by molar-refractivity contribution is 14.0. The van der Waals surface area contributed by atoms with Gasteiger partial charge in [-0.2, -0.15) is 5.10 Å². The summed E-state index contributed by atoms with van der Waals surface area (Å²) in [6.45, 7) is 6.09. The van der Waals surface area contributed by atoms with Crippen LogP contribution in [0.15, 0.2) is 17.4 Å². The molecule has 0 amide bonds. The lowest BCUT2D eigenvalue weighted by Crippen LogP contribution is -2.45. The van der Waals surface area contributed by atoms with E-state index < -0.39 is 0 Å². The highest BCUT2D eigenvalue weighted by Crippen LogP contribution is 2.23. The van der Waals surface area contributed by atoms with Crippen LogP contribution < -0.4 is 10.6 Å². The molecule has 2 rings (SSSR count). The lowest BCUT2D eigenvalue weighted by atomic mass is 9.87. The molecule has 0 unspecified atom stereocenters. The number of nitrogens with one attached hydrogen (secondary N) is 2. The molecule has 0 saturated heterocycles. The van der Waals surface area contributed by atoms with E-state index in [9.17, 15) is 0 Å². The van der Waals surface area contributed by atoms with Gasteiger partial charge in [0.05, 0.1) is 12.7 Å². The molecule has 0 bridgehead atoms. The maximum atomic E-state index is 4.30. The lowest BCUT2D eigenvalue weighted by molar-refractivity contribution is 0.329. The van der Waals surface area contributed by atoms with Crippen LogP contribution in [0.5, 0.6) is 0 Å². The van der Waals surface area contributed by atoms with Crippen molar-refractivity contribution >= 4 is 29.9 Å². The molecule has 0 spiro atoms. The second kappa shape index (κ2) is 9.27. The Kier molecular flexibility index (Phi) is 8.06. The Morgan fingerprint density at radius 1 is 1.38 bits per heavy atom. The van der Waals surface area contributed by atoms with Crippen LogP contribution in [-0.4, -0.2) is 35.4 Å². The van der Waals surface area contributed by atoms with Gasteiger partial charge in [-0.05, 0) is 44.1 Å². The van der Waals surface area contributed by atoms with Crippen molar-refractivity contribution in [3.63, 3.8) is 0 Å².